The summed E-state index contributed by atoms with van der Waals surface area (Å²) in [5, 5.41) is 3.55. The SMILES string of the molecule is CCC[C@H](C)C(=O)N1CCC(Nc2cccc(OC)c2)CC1. The quantitative estimate of drug-likeness (QED) is 0.874. The zero-order valence-electron chi connectivity index (χ0n) is 14.0. The number of carbonyl (C=O) groups excluding carboxylic acids is 1. The van der Waals surface area contributed by atoms with Crippen LogP contribution >= 0.6 is 0 Å². The van der Waals surface area contributed by atoms with E-state index < -0.39 is 0 Å². The number of amides is 1. The number of anilines is 1. The second-order valence-corrected chi connectivity index (χ2v) is 6.17. The van der Waals surface area contributed by atoms with Gasteiger partial charge < -0.3 is 15.0 Å². The number of methoxy groups -OCH3 is 1. The van der Waals surface area contributed by atoms with Crippen molar-refractivity contribution < 1.29 is 9.53 Å². The molecule has 4 heteroatoms. The van der Waals surface area contributed by atoms with Crippen LogP contribution in [0.4, 0.5) is 5.69 Å². The van der Waals surface area contributed by atoms with Gasteiger partial charge in [0.05, 0.1) is 7.11 Å². The maximum atomic E-state index is 12.3. The number of hydrogen-bond acceptors (Lipinski definition) is 3. The first-order chi connectivity index (χ1) is 10.6. The normalized spacial score (nSPS) is 17.1. The smallest absolute Gasteiger partial charge is 0.225 e. The maximum Gasteiger partial charge on any atom is 0.225 e. The number of benzene rings is 1. The van der Waals surface area contributed by atoms with Gasteiger partial charge in [-0.1, -0.05) is 26.3 Å². The molecular formula is C18H28N2O2. The van der Waals surface area contributed by atoms with Crippen LogP contribution in [-0.2, 0) is 4.79 Å². The van der Waals surface area contributed by atoms with Gasteiger partial charge in [-0.25, -0.2) is 0 Å². The molecule has 1 amide bonds. The summed E-state index contributed by atoms with van der Waals surface area (Å²) in [6.07, 6.45) is 4.06. The van der Waals surface area contributed by atoms with Gasteiger partial charge in [-0.15, -0.1) is 0 Å². The summed E-state index contributed by atoms with van der Waals surface area (Å²) in [6, 6.07) is 8.44. The van der Waals surface area contributed by atoms with Crippen LogP contribution in [0.15, 0.2) is 24.3 Å². The third kappa shape index (κ3) is 4.39. The van der Waals surface area contributed by atoms with Crippen molar-refractivity contribution in [1.82, 2.24) is 4.90 Å². The van der Waals surface area contributed by atoms with Gasteiger partial charge in [0, 0.05) is 36.8 Å². The fourth-order valence-corrected chi connectivity index (χ4v) is 3.06. The molecule has 0 aliphatic carbocycles. The molecule has 0 radical (unpaired) electrons. The summed E-state index contributed by atoms with van der Waals surface area (Å²) in [5.41, 5.74) is 1.09. The Labute approximate surface area is 133 Å². The molecule has 1 saturated heterocycles. The number of nitrogens with zero attached hydrogens (tertiary/aromatic N) is 1. The van der Waals surface area contributed by atoms with Gasteiger partial charge in [-0.2, -0.15) is 0 Å². The second-order valence-electron chi connectivity index (χ2n) is 6.17. The topological polar surface area (TPSA) is 41.6 Å². The molecule has 0 bridgehead atoms. The zero-order valence-corrected chi connectivity index (χ0v) is 14.0. The molecule has 0 spiro atoms. The lowest BCUT2D eigenvalue weighted by molar-refractivity contribution is -0.136. The number of carbonyl (C=O) groups is 1. The Hall–Kier alpha value is -1.71. The maximum absolute atomic E-state index is 12.3. The van der Waals surface area contributed by atoms with E-state index in [9.17, 15) is 4.79 Å². The van der Waals surface area contributed by atoms with E-state index in [1.54, 1.807) is 7.11 Å². The van der Waals surface area contributed by atoms with Gasteiger partial charge in [0.2, 0.25) is 5.91 Å². The van der Waals surface area contributed by atoms with Crippen molar-refractivity contribution >= 4 is 11.6 Å². The molecule has 1 atom stereocenters. The van der Waals surface area contributed by atoms with Crippen molar-refractivity contribution in [3.8, 4) is 5.75 Å². The molecule has 1 aliphatic heterocycles. The van der Waals surface area contributed by atoms with E-state index in [0.717, 1.165) is 50.2 Å². The van der Waals surface area contributed by atoms with Gasteiger partial charge in [-0.3, -0.25) is 4.79 Å². The third-order valence-electron chi connectivity index (χ3n) is 4.39. The average molecular weight is 304 g/mol. The second kappa shape index (κ2) is 8.06. The highest BCUT2D eigenvalue weighted by Crippen LogP contribution is 2.22. The predicted molar refractivity (Wildman–Crippen MR) is 90.3 cm³/mol. The standard InChI is InChI=1S/C18H28N2O2/c1-4-6-14(2)18(21)20-11-9-15(10-12-20)19-16-7-5-8-17(13-16)22-3/h5,7-8,13-15,19H,4,6,9-12H2,1-3H3/t14-/m0/s1. The molecule has 4 nitrogen and oxygen atoms in total. The minimum Gasteiger partial charge on any atom is -0.497 e. The van der Waals surface area contributed by atoms with Crippen LogP contribution in [-0.4, -0.2) is 37.0 Å². The van der Waals surface area contributed by atoms with Gasteiger partial charge >= 0.3 is 0 Å². The van der Waals surface area contributed by atoms with Crippen molar-refractivity contribution in [1.29, 1.82) is 0 Å². The summed E-state index contributed by atoms with van der Waals surface area (Å²) in [4.78, 5) is 14.4. The van der Waals surface area contributed by atoms with Crippen LogP contribution in [0.2, 0.25) is 0 Å². The van der Waals surface area contributed by atoms with E-state index in [2.05, 4.69) is 18.3 Å². The monoisotopic (exact) mass is 304 g/mol. The van der Waals surface area contributed by atoms with Gasteiger partial charge in [0.25, 0.3) is 0 Å². The van der Waals surface area contributed by atoms with E-state index in [-0.39, 0.29) is 5.92 Å². The summed E-state index contributed by atoms with van der Waals surface area (Å²) in [7, 11) is 1.68. The first-order valence-electron chi connectivity index (χ1n) is 8.33. The first-order valence-corrected chi connectivity index (χ1v) is 8.33. The third-order valence-corrected chi connectivity index (χ3v) is 4.39. The largest absolute Gasteiger partial charge is 0.497 e. The summed E-state index contributed by atoms with van der Waals surface area (Å²) < 4.78 is 5.25. The average Bonchev–Trinajstić information content (AvgIpc) is 2.55. The van der Waals surface area contributed by atoms with Gasteiger partial charge in [0.15, 0.2) is 0 Å². The van der Waals surface area contributed by atoms with Crippen LogP contribution in [0.1, 0.15) is 39.5 Å². The molecule has 0 aromatic heterocycles. The number of piperidine rings is 1. The van der Waals surface area contributed by atoms with Crippen LogP contribution < -0.4 is 10.1 Å². The number of ether oxygens (including phenoxy) is 1. The summed E-state index contributed by atoms with van der Waals surface area (Å²) in [5.74, 6) is 1.35. The van der Waals surface area contributed by atoms with Crippen LogP contribution in [0.3, 0.4) is 0 Å². The molecule has 22 heavy (non-hydrogen) atoms. The van der Waals surface area contributed by atoms with E-state index >= 15 is 0 Å². The molecular weight excluding hydrogens is 276 g/mol. The van der Waals surface area contributed by atoms with Crippen molar-refractivity contribution in [2.24, 2.45) is 5.92 Å². The summed E-state index contributed by atoms with van der Waals surface area (Å²) in [6.45, 7) is 5.89. The molecule has 0 unspecified atom stereocenters. The van der Waals surface area contributed by atoms with Crippen LogP contribution in [0.5, 0.6) is 5.75 Å². The Balaban J connectivity index is 1.83. The molecule has 1 heterocycles. The van der Waals surface area contributed by atoms with Crippen molar-refractivity contribution in [2.75, 3.05) is 25.5 Å². The predicted octanol–water partition coefficient (Wildman–Crippen LogP) is 3.53. The summed E-state index contributed by atoms with van der Waals surface area (Å²) >= 11 is 0. The molecule has 1 aromatic carbocycles. The van der Waals surface area contributed by atoms with Gasteiger partial charge in [0.1, 0.15) is 5.75 Å². The van der Waals surface area contributed by atoms with E-state index in [1.807, 2.05) is 30.0 Å². The molecule has 1 fully saturated rings. The Morgan fingerprint density at radius 1 is 1.41 bits per heavy atom. The Morgan fingerprint density at radius 3 is 2.77 bits per heavy atom. The molecule has 0 saturated carbocycles. The van der Waals surface area contributed by atoms with Gasteiger partial charge in [-0.05, 0) is 31.4 Å². The highest BCUT2D eigenvalue weighted by molar-refractivity contribution is 5.78. The number of hydrogen-bond donors (Lipinski definition) is 1. The number of nitrogens with one attached hydrogen (secondary N) is 1. The lowest BCUT2D eigenvalue weighted by atomic mass is 10.00. The molecule has 1 N–H and O–H groups in total. The molecule has 1 aromatic rings. The fourth-order valence-electron chi connectivity index (χ4n) is 3.06. The lowest BCUT2D eigenvalue weighted by Crippen LogP contribution is -2.44. The van der Waals surface area contributed by atoms with Crippen molar-refractivity contribution in [2.45, 2.75) is 45.6 Å². The van der Waals surface area contributed by atoms with Crippen molar-refractivity contribution in [3.63, 3.8) is 0 Å². The highest BCUT2D eigenvalue weighted by Gasteiger charge is 2.25. The lowest BCUT2D eigenvalue weighted by Gasteiger charge is -2.34. The van der Waals surface area contributed by atoms with Crippen molar-refractivity contribution in [3.05, 3.63) is 24.3 Å². The highest BCUT2D eigenvalue weighted by atomic mass is 16.5. The Bertz CT molecular complexity index is 482. The Morgan fingerprint density at radius 2 is 2.14 bits per heavy atom. The number of rotatable bonds is 6. The number of likely N-dealkylation sites (tertiary alicyclic amines) is 1. The van der Waals surface area contributed by atoms with Crippen LogP contribution in [0, 0.1) is 5.92 Å². The van der Waals surface area contributed by atoms with E-state index in [4.69, 9.17) is 4.74 Å². The first kappa shape index (κ1) is 16.7. The van der Waals surface area contributed by atoms with E-state index in [0.29, 0.717) is 11.9 Å². The molecule has 2 rings (SSSR count). The Kier molecular flexibility index (Phi) is 6.10. The van der Waals surface area contributed by atoms with Crippen LogP contribution in [0.25, 0.3) is 0 Å². The minimum absolute atomic E-state index is 0.160. The fraction of sp³-hybridized carbons (Fsp3) is 0.611. The molecule has 1 aliphatic rings. The zero-order chi connectivity index (χ0) is 15.9. The van der Waals surface area contributed by atoms with E-state index in [1.165, 1.54) is 0 Å². The minimum atomic E-state index is 0.160. The molecule has 122 valence electrons.